The molecule has 8 heteroatoms. The van der Waals surface area contributed by atoms with Crippen molar-refractivity contribution < 1.29 is 22.0 Å². The lowest BCUT2D eigenvalue weighted by Crippen LogP contribution is -2.41. The Kier molecular flexibility index (Phi) is 6.47. The van der Waals surface area contributed by atoms with Gasteiger partial charge in [-0.25, -0.2) is 17.2 Å². The van der Waals surface area contributed by atoms with Crippen molar-refractivity contribution in [3.8, 4) is 0 Å². The summed E-state index contributed by atoms with van der Waals surface area (Å²) in [6, 6.07) is 17.9. The van der Waals surface area contributed by atoms with Crippen molar-refractivity contribution in [3.63, 3.8) is 0 Å². The molecule has 3 aromatic rings. The molecule has 5 nitrogen and oxygen atoms in total. The summed E-state index contributed by atoms with van der Waals surface area (Å²) < 4.78 is 53.8. The van der Waals surface area contributed by atoms with Gasteiger partial charge in [0.2, 0.25) is 5.91 Å². The first-order valence-corrected chi connectivity index (χ1v) is 10.6. The second-order valence-corrected chi connectivity index (χ2v) is 8.50. The van der Waals surface area contributed by atoms with Gasteiger partial charge in [-0.15, -0.1) is 0 Å². The zero-order valence-electron chi connectivity index (χ0n) is 16.1. The Balaban J connectivity index is 1.89. The number of halogens is 2. The molecule has 1 atom stereocenters. The molecule has 0 heterocycles. The van der Waals surface area contributed by atoms with Gasteiger partial charge in [-0.05, 0) is 61.0 Å². The van der Waals surface area contributed by atoms with E-state index in [1.807, 2.05) is 30.3 Å². The number of benzene rings is 3. The molecule has 30 heavy (non-hydrogen) atoms. The first-order chi connectivity index (χ1) is 14.3. The maximum atomic E-state index is 13.3. The van der Waals surface area contributed by atoms with E-state index in [2.05, 4.69) is 5.32 Å². The van der Waals surface area contributed by atoms with E-state index in [4.69, 9.17) is 0 Å². The number of amides is 1. The fourth-order valence-corrected chi connectivity index (χ4v) is 4.32. The summed E-state index contributed by atoms with van der Waals surface area (Å²) in [7, 11) is -4.20. The highest BCUT2D eigenvalue weighted by Crippen LogP contribution is 2.24. The predicted octanol–water partition coefficient (Wildman–Crippen LogP) is 4.04. The van der Waals surface area contributed by atoms with Crippen molar-refractivity contribution >= 4 is 21.6 Å². The summed E-state index contributed by atoms with van der Waals surface area (Å²) in [5, 5.41) is 2.76. The number of nitrogens with one attached hydrogen (secondary N) is 1. The third-order valence-electron chi connectivity index (χ3n) is 4.48. The van der Waals surface area contributed by atoms with E-state index in [9.17, 15) is 22.0 Å². The van der Waals surface area contributed by atoms with E-state index in [-0.39, 0.29) is 16.6 Å². The van der Waals surface area contributed by atoms with E-state index in [0.717, 1.165) is 46.3 Å². The highest BCUT2D eigenvalue weighted by molar-refractivity contribution is 7.92. The van der Waals surface area contributed by atoms with Crippen molar-refractivity contribution in [1.82, 2.24) is 5.32 Å². The molecule has 0 aliphatic carbocycles. The molecule has 3 rings (SSSR count). The van der Waals surface area contributed by atoms with Crippen LogP contribution in [0.4, 0.5) is 14.5 Å². The second-order valence-electron chi connectivity index (χ2n) is 6.64. The average Bonchev–Trinajstić information content (AvgIpc) is 2.73. The van der Waals surface area contributed by atoms with E-state index < -0.39 is 34.1 Å². The predicted molar refractivity (Wildman–Crippen MR) is 110 cm³/mol. The van der Waals surface area contributed by atoms with E-state index >= 15 is 0 Å². The lowest BCUT2D eigenvalue weighted by atomic mass is 10.1. The van der Waals surface area contributed by atoms with E-state index in [1.165, 1.54) is 12.1 Å². The molecule has 0 aromatic heterocycles. The van der Waals surface area contributed by atoms with Crippen LogP contribution in [0.1, 0.15) is 18.5 Å². The van der Waals surface area contributed by atoms with E-state index in [1.54, 1.807) is 6.92 Å². The number of sulfonamides is 1. The quantitative estimate of drug-likeness (QED) is 0.615. The minimum absolute atomic E-state index is 0.114. The summed E-state index contributed by atoms with van der Waals surface area (Å²) in [4.78, 5) is 12.5. The number of anilines is 1. The normalized spacial score (nSPS) is 12.2. The highest BCUT2D eigenvalue weighted by Gasteiger charge is 2.27. The molecule has 0 radical (unpaired) electrons. The number of carbonyl (C=O) groups excluding carboxylic acids is 1. The number of nitrogens with zero attached hydrogens (tertiary/aromatic N) is 1. The van der Waals surface area contributed by atoms with Gasteiger partial charge < -0.3 is 5.32 Å². The van der Waals surface area contributed by atoms with Crippen LogP contribution in [0.5, 0.6) is 0 Å². The van der Waals surface area contributed by atoms with Crippen LogP contribution in [0.25, 0.3) is 0 Å². The minimum Gasteiger partial charge on any atom is -0.348 e. The Morgan fingerprint density at radius 3 is 2.00 bits per heavy atom. The van der Waals surface area contributed by atoms with Crippen molar-refractivity contribution in [1.29, 1.82) is 0 Å². The van der Waals surface area contributed by atoms with Crippen LogP contribution in [0, 0.1) is 11.6 Å². The summed E-state index contributed by atoms with van der Waals surface area (Å²) in [6.07, 6.45) is 0. The van der Waals surface area contributed by atoms with Gasteiger partial charge in [-0.1, -0.05) is 30.3 Å². The fraction of sp³-hybridized carbons (Fsp3) is 0.136. The Morgan fingerprint density at radius 2 is 1.43 bits per heavy atom. The molecule has 0 saturated heterocycles. The zero-order chi connectivity index (χ0) is 21.7. The lowest BCUT2D eigenvalue weighted by Gasteiger charge is -2.25. The Labute approximate surface area is 174 Å². The number of carbonyl (C=O) groups is 1. The van der Waals surface area contributed by atoms with Crippen molar-refractivity contribution in [2.24, 2.45) is 0 Å². The molecular formula is C22H20F2N2O3S. The molecule has 0 saturated carbocycles. The van der Waals surface area contributed by atoms with Crippen LogP contribution in [0.15, 0.2) is 83.8 Å². The van der Waals surface area contributed by atoms with Gasteiger partial charge in [0.25, 0.3) is 10.0 Å². The first kappa shape index (κ1) is 21.4. The molecule has 0 spiro atoms. The third-order valence-corrected chi connectivity index (χ3v) is 6.27. The monoisotopic (exact) mass is 430 g/mol. The van der Waals surface area contributed by atoms with Gasteiger partial charge in [0, 0.05) is 0 Å². The van der Waals surface area contributed by atoms with E-state index in [0.29, 0.717) is 0 Å². The molecule has 0 fully saturated rings. The first-order valence-electron chi connectivity index (χ1n) is 9.15. The maximum Gasteiger partial charge on any atom is 0.264 e. The van der Waals surface area contributed by atoms with Gasteiger partial charge >= 0.3 is 0 Å². The number of hydrogen-bond donors (Lipinski definition) is 1. The fourth-order valence-electron chi connectivity index (χ4n) is 2.90. The second kappa shape index (κ2) is 9.04. The molecule has 0 unspecified atom stereocenters. The van der Waals surface area contributed by atoms with Crippen LogP contribution >= 0.6 is 0 Å². The van der Waals surface area contributed by atoms with Gasteiger partial charge in [0.05, 0.1) is 16.6 Å². The van der Waals surface area contributed by atoms with Gasteiger partial charge in [-0.3, -0.25) is 9.10 Å². The van der Waals surface area contributed by atoms with Gasteiger partial charge in [-0.2, -0.15) is 0 Å². The zero-order valence-corrected chi connectivity index (χ0v) is 16.9. The Morgan fingerprint density at radius 1 is 0.900 bits per heavy atom. The average molecular weight is 430 g/mol. The topological polar surface area (TPSA) is 66.5 Å². The highest BCUT2D eigenvalue weighted by atomic mass is 32.2. The largest absolute Gasteiger partial charge is 0.348 e. The SMILES string of the molecule is C[C@H](NC(=O)CN(c1ccc(F)cc1)S(=O)(=O)c1ccc(F)cc1)c1ccccc1. The summed E-state index contributed by atoms with van der Waals surface area (Å²) in [5.74, 6) is -1.67. The Hall–Kier alpha value is -3.26. The number of rotatable bonds is 7. The van der Waals surface area contributed by atoms with Crippen LogP contribution < -0.4 is 9.62 Å². The molecule has 0 bridgehead atoms. The minimum atomic E-state index is -4.20. The molecular weight excluding hydrogens is 410 g/mol. The summed E-state index contributed by atoms with van der Waals surface area (Å²) in [6.45, 7) is 1.26. The standard InChI is InChI=1S/C22H20F2N2O3S/c1-16(17-5-3-2-4-6-17)25-22(27)15-26(20-11-7-18(23)8-12-20)30(28,29)21-13-9-19(24)10-14-21/h2-14,16H,15H2,1H3,(H,25,27)/t16-/m0/s1. The molecule has 0 aliphatic heterocycles. The van der Waals surface area contributed by atoms with Crippen LogP contribution in [0.3, 0.4) is 0 Å². The molecule has 3 aromatic carbocycles. The molecule has 0 aliphatic rings. The van der Waals surface area contributed by atoms with Crippen LogP contribution in [-0.2, 0) is 14.8 Å². The van der Waals surface area contributed by atoms with Crippen molar-refractivity contribution in [3.05, 3.63) is 96.1 Å². The molecule has 156 valence electrons. The maximum absolute atomic E-state index is 13.3. The molecule has 1 amide bonds. The van der Waals surface area contributed by atoms with Crippen molar-refractivity contribution in [2.45, 2.75) is 17.9 Å². The molecule has 1 N–H and O–H groups in total. The smallest absolute Gasteiger partial charge is 0.264 e. The third kappa shape index (κ3) is 5.01. The summed E-state index contributed by atoms with van der Waals surface area (Å²) >= 11 is 0. The van der Waals surface area contributed by atoms with Crippen LogP contribution in [-0.4, -0.2) is 20.9 Å². The van der Waals surface area contributed by atoms with Gasteiger partial charge in [0.15, 0.2) is 0 Å². The van der Waals surface area contributed by atoms with Crippen LogP contribution in [0.2, 0.25) is 0 Å². The van der Waals surface area contributed by atoms with Gasteiger partial charge in [0.1, 0.15) is 18.2 Å². The Bertz CT molecular complexity index is 1100. The lowest BCUT2D eigenvalue weighted by molar-refractivity contribution is -0.120. The number of hydrogen-bond acceptors (Lipinski definition) is 3. The summed E-state index contributed by atoms with van der Waals surface area (Å²) in [5.41, 5.74) is 0.976. The van der Waals surface area contributed by atoms with Crippen molar-refractivity contribution in [2.75, 3.05) is 10.8 Å².